The molecular weight excluding hydrogens is 311 g/mol. The van der Waals surface area contributed by atoms with Crippen molar-refractivity contribution >= 4 is 16.5 Å². The minimum Gasteiger partial charge on any atom is -0.361 e. The number of rotatable bonds is 5. The third-order valence-corrected chi connectivity index (χ3v) is 5.13. The molecule has 1 unspecified atom stereocenters. The highest BCUT2D eigenvalue weighted by molar-refractivity contribution is 5.83. The topological polar surface area (TPSA) is 27.8 Å². The SMILES string of the molecule is Fc1ccc2[nH]ccc2c1CCCC1CC(c2ccccc2)=CCN1. The highest BCUT2D eigenvalue weighted by Crippen LogP contribution is 2.26. The van der Waals surface area contributed by atoms with Gasteiger partial charge >= 0.3 is 0 Å². The van der Waals surface area contributed by atoms with E-state index in [1.165, 1.54) is 11.1 Å². The van der Waals surface area contributed by atoms with Crippen molar-refractivity contribution in [2.45, 2.75) is 31.7 Å². The summed E-state index contributed by atoms with van der Waals surface area (Å²) in [5.41, 5.74) is 4.59. The normalized spacial score (nSPS) is 17.6. The number of aromatic amines is 1. The summed E-state index contributed by atoms with van der Waals surface area (Å²) in [5.74, 6) is -0.0893. The summed E-state index contributed by atoms with van der Waals surface area (Å²) in [6.45, 7) is 0.913. The van der Waals surface area contributed by atoms with Gasteiger partial charge in [-0.1, -0.05) is 36.4 Å². The lowest BCUT2D eigenvalue weighted by Gasteiger charge is -2.24. The molecule has 1 atom stereocenters. The van der Waals surface area contributed by atoms with Crippen LogP contribution in [0.15, 0.2) is 60.8 Å². The number of halogens is 1. The van der Waals surface area contributed by atoms with Crippen LogP contribution in [0.5, 0.6) is 0 Å². The van der Waals surface area contributed by atoms with E-state index in [2.05, 4.69) is 46.7 Å². The molecule has 1 aliphatic rings. The Morgan fingerprint density at radius 1 is 1.04 bits per heavy atom. The molecule has 1 aliphatic heterocycles. The Morgan fingerprint density at radius 2 is 1.92 bits per heavy atom. The zero-order chi connectivity index (χ0) is 17.1. The van der Waals surface area contributed by atoms with E-state index in [0.717, 1.165) is 48.7 Å². The van der Waals surface area contributed by atoms with Crippen molar-refractivity contribution in [3.05, 3.63) is 77.7 Å². The highest BCUT2D eigenvalue weighted by atomic mass is 19.1. The number of H-pyrrole nitrogens is 1. The number of aryl methyl sites for hydroxylation is 1. The van der Waals surface area contributed by atoms with E-state index < -0.39 is 0 Å². The number of hydrogen-bond acceptors (Lipinski definition) is 1. The average Bonchev–Trinajstić information content (AvgIpc) is 3.13. The van der Waals surface area contributed by atoms with E-state index in [9.17, 15) is 4.39 Å². The number of fused-ring (bicyclic) bond motifs is 1. The molecule has 0 amide bonds. The van der Waals surface area contributed by atoms with Gasteiger partial charge in [0.1, 0.15) is 5.82 Å². The number of hydrogen-bond donors (Lipinski definition) is 2. The van der Waals surface area contributed by atoms with Gasteiger partial charge in [0, 0.05) is 29.7 Å². The van der Waals surface area contributed by atoms with Gasteiger partial charge in [-0.25, -0.2) is 4.39 Å². The zero-order valence-electron chi connectivity index (χ0n) is 14.3. The van der Waals surface area contributed by atoms with Crippen molar-refractivity contribution < 1.29 is 4.39 Å². The lowest BCUT2D eigenvalue weighted by molar-refractivity contribution is 0.482. The first-order chi connectivity index (χ1) is 12.3. The fourth-order valence-electron chi connectivity index (χ4n) is 3.81. The molecule has 2 heterocycles. The van der Waals surface area contributed by atoms with Crippen molar-refractivity contribution in [2.75, 3.05) is 6.54 Å². The van der Waals surface area contributed by atoms with Crippen molar-refractivity contribution in [1.82, 2.24) is 10.3 Å². The lowest BCUT2D eigenvalue weighted by Crippen LogP contribution is -2.32. The van der Waals surface area contributed by atoms with Crippen LogP contribution in [0.1, 0.15) is 30.4 Å². The van der Waals surface area contributed by atoms with Gasteiger partial charge in [0.2, 0.25) is 0 Å². The maximum atomic E-state index is 14.2. The fourth-order valence-corrected chi connectivity index (χ4v) is 3.81. The first-order valence-electron chi connectivity index (χ1n) is 9.03. The van der Waals surface area contributed by atoms with Crippen molar-refractivity contribution in [1.29, 1.82) is 0 Å². The molecule has 2 nitrogen and oxygen atoms in total. The van der Waals surface area contributed by atoms with Gasteiger partial charge in [0.25, 0.3) is 0 Å². The summed E-state index contributed by atoms with van der Waals surface area (Å²) >= 11 is 0. The summed E-state index contributed by atoms with van der Waals surface area (Å²) in [5, 5.41) is 4.59. The summed E-state index contributed by atoms with van der Waals surface area (Å²) in [7, 11) is 0. The third kappa shape index (κ3) is 3.52. The molecule has 0 radical (unpaired) electrons. The number of benzene rings is 2. The van der Waals surface area contributed by atoms with E-state index in [1.54, 1.807) is 6.07 Å². The summed E-state index contributed by atoms with van der Waals surface area (Å²) in [4.78, 5) is 3.16. The van der Waals surface area contributed by atoms with E-state index in [4.69, 9.17) is 0 Å². The van der Waals surface area contributed by atoms with Gasteiger partial charge in [0.15, 0.2) is 0 Å². The van der Waals surface area contributed by atoms with Crippen LogP contribution in [0.2, 0.25) is 0 Å². The largest absolute Gasteiger partial charge is 0.361 e. The van der Waals surface area contributed by atoms with E-state index >= 15 is 0 Å². The zero-order valence-corrected chi connectivity index (χ0v) is 14.3. The van der Waals surface area contributed by atoms with Crippen LogP contribution in [0.4, 0.5) is 4.39 Å². The number of aromatic nitrogens is 1. The Morgan fingerprint density at radius 3 is 2.80 bits per heavy atom. The first-order valence-corrected chi connectivity index (χ1v) is 9.03. The third-order valence-electron chi connectivity index (χ3n) is 5.13. The second kappa shape index (κ2) is 7.24. The minimum atomic E-state index is -0.0893. The monoisotopic (exact) mass is 334 g/mol. The van der Waals surface area contributed by atoms with Crippen LogP contribution in [0.25, 0.3) is 16.5 Å². The van der Waals surface area contributed by atoms with Gasteiger partial charge in [-0.2, -0.15) is 0 Å². The predicted octanol–water partition coefficient (Wildman–Crippen LogP) is 5.08. The Kier molecular flexibility index (Phi) is 4.66. The summed E-state index contributed by atoms with van der Waals surface area (Å²) in [6.07, 6.45) is 8.04. The molecule has 0 fully saturated rings. The number of nitrogens with one attached hydrogen (secondary N) is 2. The second-order valence-electron chi connectivity index (χ2n) is 6.76. The van der Waals surface area contributed by atoms with Gasteiger partial charge in [0.05, 0.1) is 0 Å². The maximum Gasteiger partial charge on any atom is 0.127 e. The molecule has 3 aromatic rings. The Bertz CT molecular complexity index is 879. The van der Waals surface area contributed by atoms with Crippen LogP contribution in [0, 0.1) is 5.82 Å². The van der Waals surface area contributed by atoms with E-state index in [0.29, 0.717) is 6.04 Å². The van der Waals surface area contributed by atoms with Gasteiger partial charge in [-0.3, -0.25) is 0 Å². The molecule has 4 rings (SSSR count). The highest BCUT2D eigenvalue weighted by Gasteiger charge is 2.16. The van der Waals surface area contributed by atoms with Gasteiger partial charge < -0.3 is 10.3 Å². The molecule has 0 bridgehead atoms. The van der Waals surface area contributed by atoms with Crippen LogP contribution in [0.3, 0.4) is 0 Å². The lowest BCUT2D eigenvalue weighted by atomic mass is 9.92. The standard InChI is InChI=1S/C22H23FN2/c23-21-9-10-22-20(12-14-25-22)19(21)8-4-7-18-15-17(11-13-24-18)16-5-2-1-3-6-16/h1-3,5-6,9-12,14,18,24-25H,4,7-8,13,15H2. The van der Waals surface area contributed by atoms with Crippen molar-refractivity contribution in [2.24, 2.45) is 0 Å². The fraction of sp³-hybridized carbons (Fsp3) is 0.273. The van der Waals surface area contributed by atoms with Crippen LogP contribution >= 0.6 is 0 Å². The van der Waals surface area contributed by atoms with Crippen LogP contribution < -0.4 is 5.32 Å². The molecule has 128 valence electrons. The quantitative estimate of drug-likeness (QED) is 0.669. The molecule has 0 saturated carbocycles. The first kappa shape index (κ1) is 16.1. The molecule has 2 N–H and O–H groups in total. The minimum absolute atomic E-state index is 0.0893. The summed E-state index contributed by atoms with van der Waals surface area (Å²) < 4.78 is 14.2. The van der Waals surface area contributed by atoms with Gasteiger partial charge in [-0.05, 0) is 60.6 Å². The molecule has 0 aliphatic carbocycles. The van der Waals surface area contributed by atoms with Crippen molar-refractivity contribution in [3.8, 4) is 0 Å². The smallest absolute Gasteiger partial charge is 0.127 e. The van der Waals surface area contributed by atoms with Crippen molar-refractivity contribution in [3.63, 3.8) is 0 Å². The van der Waals surface area contributed by atoms with Crippen LogP contribution in [-0.4, -0.2) is 17.6 Å². The Hall–Kier alpha value is -2.39. The molecule has 1 aromatic heterocycles. The average molecular weight is 334 g/mol. The Balaban J connectivity index is 1.38. The second-order valence-corrected chi connectivity index (χ2v) is 6.76. The predicted molar refractivity (Wildman–Crippen MR) is 102 cm³/mol. The molecule has 2 aromatic carbocycles. The van der Waals surface area contributed by atoms with Gasteiger partial charge in [-0.15, -0.1) is 0 Å². The maximum absolute atomic E-state index is 14.2. The van der Waals surface area contributed by atoms with E-state index in [1.807, 2.05) is 18.3 Å². The van der Waals surface area contributed by atoms with Crippen LogP contribution in [-0.2, 0) is 6.42 Å². The Labute approximate surface area is 147 Å². The summed E-state index contributed by atoms with van der Waals surface area (Å²) in [6, 6.07) is 16.4. The molecule has 3 heteroatoms. The molecular formula is C22H23FN2. The molecule has 0 saturated heterocycles. The van der Waals surface area contributed by atoms with E-state index in [-0.39, 0.29) is 5.82 Å². The molecule has 25 heavy (non-hydrogen) atoms. The molecule has 0 spiro atoms.